The molecular weight excluding hydrogens is 490 g/mol. The van der Waals surface area contributed by atoms with Gasteiger partial charge in [0.1, 0.15) is 0 Å². The molecule has 39 heavy (non-hydrogen) atoms. The predicted molar refractivity (Wildman–Crippen MR) is 163 cm³/mol. The highest BCUT2D eigenvalue weighted by Crippen LogP contribution is 2.36. The second-order valence-electron chi connectivity index (χ2n) is 12.1. The van der Waals surface area contributed by atoms with Crippen LogP contribution in [0.4, 0.5) is 9.59 Å². The summed E-state index contributed by atoms with van der Waals surface area (Å²) in [5.41, 5.74) is -0.398. The Morgan fingerprint density at radius 2 is 1.33 bits per heavy atom. The van der Waals surface area contributed by atoms with E-state index < -0.39 is 17.7 Å². The van der Waals surface area contributed by atoms with E-state index in [0.717, 1.165) is 51.5 Å². The molecule has 0 aromatic heterocycles. The zero-order chi connectivity index (χ0) is 28.6. The smallest absolute Gasteiger partial charge is 0.407 e. The minimum atomic E-state index is -0.834. The molecule has 7 heteroatoms. The Morgan fingerprint density at radius 3 is 1.85 bits per heavy atom. The number of hydrogen-bond donors (Lipinski definition) is 2. The molecule has 0 saturated carbocycles. The van der Waals surface area contributed by atoms with Crippen LogP contribution >= 0.6 is 0 Å². The Balaban J connectivity index is 2.21. The molecule has 2 N–H and O–H groups in total. The number of alkyl carbamates (subject to hydrolysis) is 1. The minimum absolute atomic E-state index is 0.266. The summed E-state index contributed by atoms with van der Waals surface area (Å²) in [6.45, 7) is 4.63. The number of nitrogens with zero attached hydrogens (tertiary/aromatic N) is 2. The van der Waals surface area contributed by atoms with Gasteiger partial charge in [0.25, 0.3) is 0 Å². The van der Waals surface area contributed by atoms with Crippen LogP contribution in [0.2, 0.25) is 0 Å². The molecule has 0 aliphatic carbocycles. The van der Waals surface area contributed by atoms with Crippen molar-refractivity contribution in [1.82, 2.24) is 15.1 Å². The molecular formula is C32H63N3O4. The van der Waals surface area contributed by atoms with Crippen molar-refractivity contribution in [2.45, 2.75) is 154 Å². The largest absolute Gasteiger partial charge is 0.465 e. The Bertz CT molecular complexity index is 616. The van der Waals surface area contributed by atoms with Crippen LogP contribution in [0.25, 0.3) is 0 Å². The monoisotopic (exact) mass is 553 g/mol. The van der Waals surface area contributed by atoms with Crippen molar-refractivity contribution >= 4 is 12.2 Å². The number of likely N-dealkylation sites (tertiary alicyclic amines) is 1. The highest BCUT2D eigenvalue weighted by Gasteiger charge is 2.41. The third-order valence-corrected chi connectivity index (χ3v) is 8.43. The first-order valence-electron chi connectivity index (χ1n) is 16.5. The summed E-state index contributed by atoms with van der Waals surface area (Å²) in [4.78, 5) is 27.9. The number of hydrogen-bond acceptors (Lipinski definition) is 4. The number of rotatable bonds is 24. The van der Waals surface area contributed by atoms with Crippen LogP contribution < -0.4 is 5.32 Å². The predicted octanol–water partition coefficient (Wildman–Crippen LogP) is 8.61. The molecule has 0 aromatic carbocycles. The fraction of sp³-hybridized carbons (Fsp3) is 0.938. The number of ether oxygens (including phenoxy) is 1. The van der Waals surface area contributed by atoms with E-state index in [1.165, 1.54) is 89.9 Å². The van der Waals surface area contributed by atoms with Crippen molar-refractivity contribution in [3.63, 3.8) is 0 Å². The minimum Gasteiger partial charge on any atom is -0.465 e. The molecule has 1 aliphatic heterocycles. The van der Waals surface area contributed by atoms with Crippen molar-refractivity contribution in [3.8, 4) is 0 Å². The Labute approximate surface area is 240 Å². The number of carbonyl (C=O) groups excluding carboxylic acids is 1. The average molecular weight is 554 g/mol. The average Bonchev–Trinajstić information content (AvgIpc) is 2.91. The fourth-order valence-corrected chi connectivity index (χ4v) is 6.01. The first-order chi connectivity index (χ1) is 18.9. The summed E-state index contributed by atoms with van der Waals surface area (Å²) >= 11 is 0. The van der Waals surface area contributed by atoms with Crippen LogP contribution in [-0.4, -0.2) is 73.0 Å². The van der Waals surface area contributed by atoms with Crippen LogP contribution in [0.1, 0.15) is 148 Å². The topological polar surface area (TPSA) is 82.1 Å². The van der Waals surface area contributed by atoms with Gasteiger partial charge in [-0.25, -0.2) is 9.59 Å². The van der Waals surface area contributed by atoms with Gasteiger partial charge in [-0.2, -0.15) is 0 Å². The lowest BCUT2D eigenvalue weighted by Crippen LogP contribution is -2.54. The maximum Gasteiger partial charge on any atom is 0.407 e. The third kappa shape index (κ3) is 17.7. The van der Waals surface area contributed by atoms with Gasteiger partial charge >= 0.3 is 12.2 Å². The van der Waals surface area contributed by atoms with Crippen LogP contribution in [0.15, 0.2) is 0 Å². The molecule has 7 nitrogen and oxygen atoms in total. The highest BCUT2D eigenvalue weighted by molar-refractivity contribution is 5.67. The van der Waals surface area contributed by atoms with E-state index in [0.29, 0.717) is 19.5 Å². The molecule has 1 fully saturated rings. The fourth-order valence-electron chi connectivity index (χ4n) is 6.01. The van der Waals surface area contributed by atoms with E-state index >= 15 is 0 Å². The highest BCUT2D eigenvalue weighted by atomic mass is 16.5. The second-order valence-corrected chi connectivity index (χ2v) is 12.1. The number of amides is 2. The third-order valence-electron chi connectivity index (χ3n) is 8.43. The SMILES string of the molecule is CCCCCCCCCCCCCCCCCCC1(CCOC(=O)NCCCN(C)C)CCCCN1C(=O)O. The molecule has 0 bridgehead atoms. The number of piperidine rings is 1. The summed E-state index contributed by atoms with van der Waals surface area (Å²) in [5.74, 6) is 0. The molecule has 1 saturated heterocycles. The Kier molecular flexibility index (Phi) is 21.2. The first kappa shape index (κ1) is 35.5. The van der Waals surface area contributed by atoms with Gasteiger partial charge in [0.05, 0.1) is 6.61 Å². The molecule has 2 amide bonds. The summed E-state index contributed by atoms with van der Waals surface area (Å²) in [5, 5.41) is 12.7. The lowest BCUT2D eigenvalue weighted by Gasteiger charge is -2.46. The van der Waals surface area contributed by atoms with Crippen molar-refractivity contribution in [3.05, 3.63) is 0 Å². The lowest BCUT2D eigenvalue weighted by atomic mass is 9.79. The lowest BCUT2D eigenvalue weighted by molar-refractivity contribution is 0.0202. The zero-order valence-electron chi connectivity index (χ0n) is 26.0. The molecule has 1 unspecified atom stereocenters. The molecule has 230 valence electrons. The molecule has 1 rings (SSSR count). The zero-order valence-corrected chi connectivity index (χ0v) is 26.0. The molecule has 1 atom stereocenters. The van der Waals surface area contributed by atoms with Crippen molar-refractivity contribution in [2.24, 2.45) is 0 Å². The maximum absolute atomic E-state index is 12.1. The standard InChI is InChI=1S/C32H63N3O4/c1-4-5-6-7-8-9-10-11-12-13-14-15-16-17-18-19-23-32(24-20-21-28-35(32)31(37)38)25-29-39-30(36)33-26-22-27-34(2)3/h4-29H2,1-3H3,(H,33,36)(H,37,38). The number of unbranched alkanes of at least 4 members (excludes halogenated alkanes) is 15. The van der Waals surface area contributed by atoms with Gasteiger partial charge in [-0.3, -0.25) is 0 Å². The number of carboxylic acid groups (broad SMARTS) is 1. The van der Waals surface area contributed by atoms with E-state index in [1.807, 2.05) is 14.1 Å². The van der Waals surface area contributed by atoms with Crippen LogP contribution in [0.3, 0.4) is 0 Å². The van der Waals surface area contributed by atoms with E-state index in [9.17, 15) is 14.7 Å². The van der Waals surface area contributed by atoms with Gasteiger partial charge in [0, 0.05) is 25.0 Å². The molecule has 0 aromatic rings. The summed E-state index contributed by atoms with van der Waals surface area (Å²) in [7, 11) is 4.02. The van der Waals surface area contributed by atoms with Crippen molar-refractivity contribution < 1.29 is 19.4 Å². The van der Waals surface area contributed by atoms with Crippen molar-refractivity contribution in [2.75, 3.05) is 40.3 Å². The molecule has 0 radical (unpaired) electrons. The number of nitrogens with one attached hydrogen (secondary N) is 1. The van der Waals surface area contributed by atoms with E-state index in [1.54, 1.807) is 4.90 Å². The van der Waals surface area contributed by atoms with E-state index in [4.69, 9.17) is 4.74 Å². The van der Waals surface area contributed by atoms with Gasteiger partial charge in [0.2, 0.25) is 0 Å². The van der Waals surface area contributed by atoms with Crippen LogP contribution in [0, 0.1) is 0 Å². The van der Waals surface area contributed by atoms with Crippen LogP contribution in [0.5, 0.6) is 0 Å². The summed E-state index contributed by atoms with van der Waals surface area (Å²) in [6, 6.07) is 0. The van der Waals surface area contributed by atoms with E-state index in [2.05, 4.69) is 17.1 Å². The molecule has 1 aliphatic rings. The van der Waals surface area contributed by atoms with Gasteiger partial charge in [-0.1, -0.05) is 110 Å². The normalized spacial score (nSPS) is 17.5. The number of carbonyl (C=O) groups is 2. The molecule has 0 spiro atoms. The second kappa shape index (κ2) is 23.2. The van der Waals surface area contributed by atoms with Gasteiger partial charge in [-0.05, 0) is 52.7 Å². The quantitative estimate of drug-likeness (QED) is 0.117. The van der Waals surface area contributed by atoms with Gasteiger partial charge in [-0.15, -0.1) is 0 Å². The maximum atomic E-state index is 12.1. The first-order valence-corrected chi connectivity index (χ1v) is 16.5. The van der Waals surface area contributed by atoms with Crippen molar-refractivity contribution in [1.29, 1.82) is 0 Å². The molecule has 1 heterocycles. The van der Waals surface area contributed by atoms with Crippen LogP contribution in [-0.2, 0) is 4.74 Å². The van der Waals surface area contributed by atoms with E-state index in [-0.39, 0.29) is 6.61 Å². The summed E-state index contributed by atoms with van der Waals surface area (Å²) in [6.07, 6.45) is 25.3. The Morgan fingerprint density at radius 1 is 0.795 bits per heavy atom. The van der Waals surface area contributed by atoms with Gasteiger partial charge in [0.15, 0.2) is 0 Å². The summed E-state index contributed by atoms with van der Waals surface area (Å²) < 4.78 is 5.45. The Hall–Kier alpha value is -1.50. The van der Waals surface area contributed by atoms with Gasteiger partial charge < -0.3 is 25.0 Å².